The van der Waals surface area contributed by atoms with E-state index in [1.807, 2.05) is 4.90 Å². The first-order chi connectivity index (χ1) is 10.4. The first kappa shape index (κ1) is 14.1. The maximum atomic E-state index is 13.0. The second-order valence-corrected chi connectivity index (χ2v) is 8.00. The van der Waals surface area contributed by atoms with Crippen molar-refractivity contribution in [2.45, 2.75) is 38.6 Å². The van der Waals surface area contributed by atoms with E-state index in [1.165, 1.54) is 6.42 Å². The summed E-state index contributed by atoms with van der Waals surface area (Å²) in [5.74, 6) is 0.542. The number of nitrogens with zero attached hydrogens (tertiary/aromatic N) is 2. The summed E-state index contributed by atoms with van der Waals surface area (Å²) in [4.78, 5) is 14.9. The van der Waals surface area contributed by atoms with Gasteiger partial charge in [0.05, 0.1) is 6.07 Å². The van der Waals surface area contributed by atoms with Crippen LogP contribution in [0.15, 0.2) is 24.3 Å². The fourth-order valence-electron chi connectivity index (χ4n) is 5.50. The minimum Gasteiger partial charge on any atom is -0.319 e. The molecule has 4 atom stereocenters. The molecule has 0 radical (unpaired) electrons. The van der Waals surface area contributed by atoms with Crippen LogP contribution in [0.1, 0.15) is 43.5 Å². The van der Waals surface area contributed by atoms with Gasteiger partial charge in [0, 0.05) is 22.5 Å². The summed E-state index contributed by atoms with van der Waals surface area (Å²) in [6.07, 6.45) is 3.07. The van der Waals surface area contributed by atoms with E-state index in [1.54, 1.807) is 24.3 Å². The number of hydrogen-bond acceptors (Lipinski definition) is 2. The van der Waals surface area contributed by atoms with Gasteiger partial charge in [0.25, 0.3) is 5.91 Å². The summed E-state index contributed by atoms with van der Waals surface area (Å²) in [6, 6.07) is 9.53. The lowest BCUT2D eigenvalue weighted by atomic mass is 9.66. The van der Waals surface area contributed by atoms with E-state index in [0.717, 1.165) is 12.8 Å². The Morgan fingerprint density at radius 2 is 2.05 bits per heavy atom. The van der Waals surface area contributed by atoms with Gasteiger partial charge < -0.3 is 4.90 Å². The maximum Gasteiger partial charge on any atom is 0.255 e. The van der Waals surface area contributed by atoms with Crippen LogP contribution in [0.3, 0.4) is 0 Å². The Balaban J connectivity index is 1.78. The lowest BCUT2D eigenvalue weighted by molar-refractivity contribution is 0.0430. The average molecular weight is 315 g/mol. The third kappa shape index (κ3) is 1.32. The molecule has 2 saturated carbocycles. The van der Waals surface area contributed by atoms with Gasteiger partial charge in [0.2, 0.25) is 0 Å². The standard InChI is InChI=1S/C18H19ClN2O/c1-16-11-21(15(22)12-3-5-14(19)6-4-12)18(10-20)9-13(16)7-8-17(16,18)2/h3-6,13H,7-9,11H2,1-2H3. The smallest absolute Gasteiger partial charge is 0.255 e. The largest absolute Gasteiger partial charge is 0.319 e. The van der Waals surface area contributed by atoms with Crippen molar-refractivity contribution < 1.29 is 4.79 Å². The molecule has 1 aliphatic heterocycles. The summed E-state index contributed by atoms with van der Waals surface area (Å²) in [5.41, 5.74) is -0.0251. The fraction of sp³-hybridized carbons (Fsp3) is 0.556. The van der Waals surface area contributed by atoms with Gasteiger partial charge in [0.15, 0.2) is 0 Å². The molecule has 1 amide bonds. The lowest BCUT2D eigenvalue weighted by Gasteiger charge is -2.43. The summed E-state index contributed by atoms with van der Waals surface area (Å²) >= 11 is 5.91. The summed E-state index contributed by atoms with van der Waals surface area (Å²) in [5, 5.41) is 10.6. The van der Waals surface area contributed by atoms with Gasteiger partial charge in [0.1, 0.15) is 5.54 Å². The highest BCUT2D eigenvalue weighted by molar-refractivity contribution is 6.30. The number of rotatable bonds is 1. The van der Waals surface area contributed by atoms with Crippen molar-refractivity contribution in [2.75, 3.05) is 6.54 Å². The van der Waals surface area contributed by atoms with E-state index >= 15 is 0 Å². The molecule has 3 aliphatic rings. The first-order valence-electron chi connectivity index (χ1n) is 7.87. The van der Waals surface area contributed by atoms with Crippen LogP contribution in [-0.4, -0.2) is 22.9 Å². The van der Waals surface area contributed by atoms with E-state index in [-0.39, 0.29) is 16.7 Å². The van der Waals surface area contributed by atoms with Crippen molar-refractivity contribution in [1.82, 2.24) is 4.90 Å². The van der Waals surface area contributed by atoms with E-state index in [2.05, 4.69) is 19.9 Å². The van der Waals surface area contributed by atoms with E-state index in [0.29, 0.717) is 23.0 Å². The highest BCUT2D eigenvalue weighted by Gasteiger charge is 2.78. The van der Waals surface area contributed by atoms with Gasteiger partial charge in [-0.25, -0.2) is 0 Å². The molecule has 3 fully saturated rings. The monoisotopic (exact) mass is 314 g/mol. The van der Waals surface area contributed by atoms with Crippen LogP contribution in [0.2, 0.25) is 5.02 Å². The third-order valence-electron chi connectivity index (χ3n) is 7.08. The van der Waals surface area contributed by atoms with Gasteiger partial charge in [-0.05, 0) is 54.9 Å². The highest BCUT2D eigenvalue weighted by Crippen LogP contribution is 2.75. The van der Waals surface area contributed by atoms with E-state index in [9.17, 15) is 10.1 Å². The van der Waals surface area contributed by atoms with Crippen molar-refractivity contribution in [3.05, 3.63) is 34.9 Å². The third-order valence-corrected chi connectivity index (χ3v) is 7.33. The van der Waals surface area contributed by atoms with Crippen LogP contribution < -0.4 is 0 Å². The molecule has 4 bridgehead atoms. The van der Waals surface area contributed by atoms with Crippen molar-refractivity contribution in [3.63, 3.8) is 0 Å². The van der Waals surface area contributed by atoms with Crippen LogP contribution in [-0.2, 0) is 0 Å². The van der Waals surface area contributed by atoms with Crippen LogP contribution in [0.4, 0.5) is 0 Å². The van der Waals surface area contributed by atoms with Gasteiger partial charge in [-0.1, -0.05) is 25.4 Å². The van der Waals surface area contributed by atoms with Gasteiger partial charge in [-0.2, -0.15) is 5.26 Å². The number of amides is 1. The minimum atomic E-state index is -0.638. The number of benzene rings is 1. The van der Waals surface area contributed by atoms with Gasteiger partial charge in [-0.3, -0.25) is 4.79 Å². The Morgan fingerprint density at radius 3 is 2.64 bits per heavy atom. The number of piperidine rings is 1. The molecule has 1 saturated heterocycles. The predicted molar refractivity (Wildman–Crippen MR) is 84.4 cm³/mol. The molecule has 4 heteroatoms. The number of hydrogen-bond donors (Lipinski definition) is 0. The number of halogens is 1. The quantitative estimate of drug-likeness (QED) is 0.789. The SMILES string of the molecule is CC12CN(C(=O)c3ccc(Cl)cc3)C3(C#N)CC1CCC23C. The van der Waals surface area contributed by atoms with Gasteiger partial charge >= 0.3 is 0 Å². The Bertz CT molecular complexity index is 709. The molecule has 22 heavy (non-hydrogen) atoms. The number of carbonyl (C=O) groups is 1. The summed E-state index contributed by atoms with van der Waals surface area (Å²) in [7, 11) is 0. The molecule has 4 unspecified atom stereocenters. The number of nitriles is 1. The van der Waals surface area contributed by atoms with Crippen molar-refractivity contribution in [2.24, 2.45) is 16.7 Å². The topological polar surface area (TPSA) is 44.1 Å². The van der Waals surface area contributed by atoms with E-state index in [4.69, 9.17) is 11.6 Å². The van der Waals surface area contributed by atoms with Crippen LogP contribution in [0.5, 0.6) is 0 Å². The zero-order valence-corrected chi connectivity index (χ0v) is 13.7. The molecule has 2 aliphatic carbocycles. The summed E-state index contributed by atoms with van der Waals surface area (Å²) in [6.45, 7) is 5.19. The second-order valence-electron chi connectivity index (χ2n) is 7.56. The van der Waals surface area contributed by atoms with Crippen molar-refractivity contribution in [1.29, 1.82) is 5.26 Å². The molecule has 1 aromatic rings. The molecule has 1 heterocycles. The fourth-order valence-corrected chi connectivity index (χ4v) is 5.63. The molecule has 0 aromatic heterocycles. The van der Waals surface area contributed by atoms with Crippen molar-refractivity contribution in [3.8, 4) is 6.07 Å². The maximum absolute atomic E-state index is 13.0. The Hall–Kier alpha value is -1.53. The van der Waals surface area contributed by atoms with Crippen LogP contribution in [0, 0.1) is 28.1 Å². The molecular weight excluding hydrogens is 296 g/mol. The highest BCUT2D eigenvalue weighted by atomic mass is 35.5. The Morgan fingerprint density at radius 1 is 1.36 bits per heavy atom. The molecule has 0 N–H and O–H groups in total. The molecule has 3 nitrogen and oxygen atoms in total. The Kier molecular flexibility index (Phi) is 2.60. The number of likely N-dealkylation sites (tertiary alicyclic amines) is 1. The normalized spacial score (nSPS) is 41.7. The minimum absolute atomic E-state index is 0.0338. The molecule has 114 valence electrons. The Labute approximate surface area is 135 Å². The lowest BCUT2D eigenvalue weighted by Crippen LogP contribution is -2.54. The second kappa shape index (κ2) is 4.06. The molecule has 0 spiro atoms. The molecule has 1 aromatic carbocycles. The van der Waals surface area contributed by atoms with Crippen molar-refractivity contribution >= 4 is 17.5 Å². The number of carbonyl (C=O) groups excluding carboxylic acids is 1. The summed E-state index contributed by atoms with van der Waals surface area (Å²) < 4.78 is 0. The van der Waals surface area contributed by atoms with E-state index < -0.39 is 5.54 Å². The van der Waals surface area contributed by atoms with Gasteiger partial charge in [-0.15, -0.1) is 0 Å². The zero-order chi connectivity index (χ0) is 15.8. The average Bonchev–Trinajstić information content (AvgIpc) is 2.96. The van der Waals surface area contributed by atoms with Crippen LogP contribution >= 0.6 is 11.6 Å². The molecular formula is C18H19ClN2O. The molecule has 4 rings (SSSR count). The predicted octanol–water partition coefficient (Wildman–Crippen LogP) is 3.88. The first-order valence-corrected chi connectivity index (χ1v) is 8.25. The van der Waals surface area contributed by atoms with Crippen LogP contribution in [0.25, 0.3) is 0 Å². The zero-order valence-electron chi connectivity index (χ0n) is 12.9.